The lowest BCUT2D eigenvalue weighted by atomic mass is 10.0. The van der Waals surface area contributed by atoms with Gasteiger partial charge in [0.1, 0.15) is 17.5 Å². The number of pyridine rings is 1. The first kappa shape index (κ1) is 13.4. The molecule has 0 saturated heterocycles. The van der Waals surface area contributed by atoms with E-state index < -0.39 is 17.5 Å². The molecule has 0 atom stereocenters. The molecule has 3 aromatic rings. The van der Waals surface area contributed by atoms with Crippen molar-refractivity contribution in [3.8, 4) is 22.3 Å². The number of nitrogens with zero attached hydrogens (tertiary/aromatic N) is 1. The fraction of sp³-hybridized carbons (Fsp3) is 0. The van der Waals surface area contributed by atoms with Gasteiger partial charge in [0.2, 0.25) is 0 Å². The third-order valence-corrected chi connectivity index (χ3v) is 3.15. The minimum Gasteiger partial charge on any atom is -0.263 e. The van der Waals surface area contributed by atoms with E-state index in [0.717, 1.165) is 0 Å². The molecule has 0 spiro atoms. The highest BCUT2D eigenvalue weighted by Crippen LogP contribution is 2.30. The molecular weight excluding hydrogens is 275 g/mol. The fourth-order valence-corrected chi connectivity index (χ4v) is 2.16. The summed E-state index contributed by atoms with van der Waals surface area (Å²) in [6, 6.07) is 11.2. The molecule has 0 aliphatic heterocycles. The van der Waals surface area contributed by atoms with Crippen LogP contribution in [0.3, 0.4) is 0 Å². The second-order valence-corrected chi connectivity index (χ2v) is 4.57. The maximum atomic E-state index is 14.6. The van der Waals surface area contributed by atoms with Gasteiger partial charge in [-0.3, -0.25) is 4.98 Å². The minimum atomic E-state index is -0.554. The number of rotatable bonds is 2. The summed E-state index contributed by atoms with van der Waals surface area (Å²) >= 11 is 0. The summed E-state index contributed by atoms with van der Waals surface area (Å²) < 4.78 is 41.2. The number of benzene rings is 2. The van der Waals surface area contributed by atoms with Gasteiger partial charge in [-0.2, -0.15) is 0 Å². The van der Waals surface area contributed by atoms with Crippen LogP contribution in [0.4, 0.5) is 13.2 Å². The Balaban J connectivity index is 2.16. The smallest absolute Gasteiger partial charge is 0.141 e. The van der Waals surface area contributed by atoms with E-state index in [0.29, 0.717) is 11.1 Å². The summed E-state index contributed by atoms with van der Waals surface area (Å²) in [5.74, 6) is -1.47. The van der Waals surface area contributed by atoms with E-state index in [1.807, 2.05) is 0 Å². The predicted octanol–water partition coefficient (Wildman–Crippen LogP) is 4.83. The van der Waals surface area contributed by atoms with Crippen LogP contribution in [0.25, 0.3) is 22.3 Å². The first-order chi connectivity index (χ1) is 10.1. The van der Waals surface area contributed by atoms with E-state index >= 15 is 0 Å². The average Bonchev–Trinajstić information content (AvgIpc) is 2.47. The van der Waals surface area contributed by atoms with Crippen LogP contribution in [0.5, 0.6) is 0 Å². The molecule has 0 unspecified atom stereocenters. The lowest BCUT2D eigenvalue weighted by Crippen LogP contribution is -1.92. The maximum Gasteiger partial charge on any atom is 0.141 e. The number of halogens is 3. The van der Waals surface area contributed by atoms with E-state index in [9.17, 15) is 13.2 Å². The summed E-state index contributed by atoms with van der Waals surface area (Å²) in [5.41, 5.74) is 1.13. The van der Waals surface area contributed by atoms with Crippen LogP contribution in [0.2, 0.25) is 0 Å². The Labute approximate surface area is 119 Å². The molecule has 0 aliphatic rings. The summed E-state index contributed by atoms with van der Waals surface area (Å²) in [6.45, 7) is 0. The molecule has 0 aliphatic carbocycles. The summed E-state index contributed by atoms with van der Waals surface area (Å²) in [5, 5.41) is 0. The Kier molecular flexibility index (Phi) is 3.44. The quantitative estimate of drug-likeness (QED) is 0.657. The second-order valence-electron chi connectivity index (χ2n) is 4.57. The summed E-state index contributed by atoms with van der Waals surface area (Å²) in [4.78, 5) is 3.97. The average molecular weight is 285 g/mol. The van der Waals surface area contributed by atoms with Crippen LogP contribution in [0, 0.1) is 17.5 Å². The predicted molar refractivity (Wildman–Crippen MR) is 75.0 cm³/mol. The highest BCUT2D eigenvalue weighted by atomic mass is 19.1. The summed E-state index contributed by atoms with van der Waals surface area (Å²) in [6.07, 6.45) is 2.65. The highest BCUT2D eigenvalue weighted by Gasteiger charge is 2.13. The molecule has 0 saturated carbocycles. The van der Waals surface area contributed by atoms with E-state index in [-0.39, 0.29) is 11.1 Å². The van der Waals surface area contributed by atoms with Crippen LogP contribution in [-0.2, 0) is 0 Å². The van der Waals surface area contributed by atoms with Gasteiger partial charge in [0, 0.05) is 23.5 Å². The Morgan fingerprint density at radius 3 is 1.57 bits per heavy atom. The minimum absolute atomic E-state index is 0.177. The number of hydrogen-bond donors (Lipinski definition) is 0. The van der Waals surface area contributed by atoms with Gasteiger partial charge in [0.25, 0.3) is 0 Å². The topological polar surface area (TPSA) is 12.9 Å². The molecule has 104 valence electrons. The zero-order valence-corrected chi connectivity index (χ0v) is 10.9. The zero-order chi connectivity index (χ0) is 14.8. The Bertz CT molecular complexity index is 736. The molecule has 0 bridgehead atoms. The molecule has 0 amide bonds. The van der Waals surface area contributed by atoms with Gasteiger partial charge >= 0.3 is 0 Å². The molecule has 0 N–H and O–H groups in total. The van der Waals surface area contributed by atoms with Crippen LogP contribution in [0.15, 0.2) is 60.9 Å². The normalized spacial score (nSPS) is 10.6. The zero-order valence-electron chi connectivity index (χ0n) is 10.9. The SMILES string of the molecule is Fc1cccc(-c2cncc(-c3cccc(F)c3)c2F)c1. The van der Waals surface area contributed by atoms with Crippen LogP contribution in [0.1, 0.15) is 0 Å². The van der Waals surface area contributed by atoms with Crippen LogP contribution >= 0.6 is 0 Å². The van der Waals surface area contributed by atoms with Crippen molar-refractivity contribution in [2.45, 2.75) is 0 Å². The van der Waals surface area contributed by atoms with E-state index in [1.54, 1.807) is 12.1 Å². The van der Waals surface area contributed by atoms with E-state index in [2.05, 4.69) is 4.98 Å². The molecule has 4 heteroatoms. The second kappa shape index (κ2) is 5.40. The lowest BCUT2D eigenvalue weighted by Gasteiger charge is -2.08. The molecule has 1 heterocycles. The molecule has 21 heavy (non-hydrogen) atoms. The van der Waals surface area contributed by atoms with Crippen molar-refractivity contribution in [1.29, 1.82) is 0 Å². The number of aromatic nitrogens is 1. The van der Waals surface area contributed by atoms with Gasteiger partial charge in [0.05, 0.1) is 0 Å². The summed E-state index contributed by atoms with van der Waals surface area (Å²) in [7, 11) is 0. The van der Waals surface area contributed by atoms with Gasteiger partial charge in [-0.05, 0) is 35.4 Å². The third kappa shape index (κ3) is 2.65. The molecule has 3 rings (SSSR count). The van der Waals surface area contributed by atoms with Gasteiger partial charge < -0.3 is 0 Å². The van der Waals surface area contributed by atoms with Crippen LogP contribution < -0.4 is 0 Å². The Hall–Kier alpha value is -2.62. The maximum absolute atomic E-state index is 14.6. The van der Waals surface area contributed by atoms with E-state index in [1.165, 1.54) is 48.8 Å². The molecular formula is C17H10F3N. The van der Waals surface area contributed by atoms with Crippen molar-refractivity contribution >= 4 is 0 Å². The standard InChI is InChI=1S/C17H10F3N/c18-13-5-1-3-11(7-13)15-9-21-10-16(17(15)20)12-4-2-6-14(19)8-12/h1-10H. The molecule has 1 nitrogen and oxygen atoms in total. The first-order valence-corrected chi connectivity index (χ1v) is 6.30. The molecule has 0 fully saturated rings. The van der Waals surface area contributed by atoms with Crippen molar-refractivity contribution in [2.24, 2.45) is 0 Å². The van der Waals surface area contributed by atoms with Gasteiger partial charge in [0.15, 0.2) is 0 Å². The van der Waals surface area contributed by atoms with Crippen LogP contribution in [-0.4, -0.2) is 4.98 Å². The Morgan fingerprint density at radius 1 is 0.667 bits per heavy atom. The largest absolute Gasteiger partial charge is 0.263 e. The first-order valence-electron chi connectivity index (χ1n) is 6.30. The third-order valence-electron chi connectivity index (χ3n) is 3.15. The van der Waals surface area contributed by atoms with Crippen molar-refractivity contribution in [2.75, 3.05) is 0 Å². The monoisotopic (exact) mass is 285 g/mol. The van der Waals surface area contributed by atoms with Crippen molar-refractivity contribution in [1.82, 2.24) is 4.98 Å². The van der Waals surface area contributed by atoms with E-state index in [4.69, 9.17) is 0 Å². The molecule has 0 radical (unpaired) electrons. The highest BCUT2D eigenvalue weighted by molar-refractivity contribution is 5.72. The Morgan fingerprint density at radius 2 is 1.14 bits per heavy atom. The molecule has 2 aromatic carbocycles. The van der Waals surface area contributed by atoms with Gasteiger partial charge in [-0.15, -0.1) is 0 Å². The lowest BCUT2D eigenvalue weighted by molar-refractivity contribution is 0.623. The number of hydrogen-bond acceptors (Lipinski definition) is 1. The fourth-order valence-electron chi connectivity index (χ4n) is 2.16. The van der Waals surface area contributed by atoms with Crippen molar-refractivity contribution in [3.05, 3.63) is 78.4 Å². The van der Waals surface area contributed by atoms with Gasteiger partial charge in [-0.1, -0.05) is 24.3 Å². The van der Waals surface area contributed by atoms with Crippen molar-refractivity contribution < 1.29 is 13.2 Å². The van der Waals surface area contributed by atoms with Gasteiger partial charge in [-0.25, -0.2) is 13.2 Å². The molecule has 1 aromatic heterocycles. The van der Waals surface area contributed by atoms with Crippen molar-refractivity contribution in [3.63, 3.8) is 0 Å².